The third-order valence-electron chi connectivity index (χ3n) is 5.33. The summed E-state index contributed by atoms with van der Waals surface area (Å²) in [7, 11) is 1.82. The lowest BCUT2D eigenvalue weighted by molar-refractivity contribution is -0.137. The molecule has 150 valence electrons. The van der Waals surface area contributed by atoms with Crippen LogP contribution in [0, 0.1) is 0 Å². The fourth-order valence-corrected chi connectivity index (χ4v) is 3.98. The van der Waals surface area contributed by atoms with E-state index < -0.39 is 23.6 Å². The molecule has 0 unspecified atom stereocenters. The number of hydrogen-bond acceptors (Lipinski definition) is 2. The van der Waals surface area contributed by atoms with Gasteiger partial charge in [-0.3, -0.25) is 14.9 Å². The van der Waals surface area contributed by atoms with Crippen LogP contribution in [0.5, 0.6) is 0 Å². The second kappa shape index (κ2) is 6.09. The van der Waals surface area contributed by atoms with E-state index in [1.807, 2.05) is 29.9 Å². The van der Waals surface area contributed by atoms with Crippen LogP contribution in [0.2, 0.25) is 0 Å². The number of rotatable bonds is 2. The molecule has 2 aromatic heterocycles. The third-order valence-corrected chi connectivity index (χ3v) is 5.33. The standard InChI is InChI=1S/C22H14F3N3O2/c1-27-9-7-13-3-2-4-15(18(13)27)17-19(21(30)26-20(17)29)28-10-8-12-5-6-14(11-16(12)28)22(23,24)25/h2-11H,1H3,(H,26,29,30). The van der Waals surface area contributed by atoms with E-state index in [2.05, 4.69) is 5.32 Å². The number of hydrogen-bond donors (Lipinski definition) is 1. The lowest BCUT2D eigenvalue weighted by Gasteiger charge is -2.11. The van der Waals surface area contributed by atoms with E-state index in [1.54, 1.807) is 18.2 Å². The van der Waals surface area contributed by atoms with Gasteiger partial charge in [0, 0.05) is 30.4 Å². The summed E-state index contributed by atoms with van der Waals surface area (Å²) in [6.45, 7) is 0. The predicted octanol–water partition coefficient (Wildman–Crippen LogP) is 4.18. The van der Waals surface area contributed by atoms with Gasteiger partial charge in [0.25, 0.3) is 11.8 Å². The first-order valence-electron chi connectivity index (χ1n) is 9.09. The summed E-state index contributed by atoms with van der Waals surface area (Å²) >= 11 is 0. The maximum atomic E-state index is 13.2. The molecule has 1 aliphatic heterocycles. The molecule has 2 amide bonds. The summed E-state index contributed by atoms with van der Waals surface area (Å²) in [5.41, 5.74) is 0.785. The van der Waals surface area contributed by atoms with E-state index in [9.17, 15) is 22.8 Å². The van der Waals surface area contributed by atoms with Crippen molar-refractivity contribution in [3.8, 4) is 0 Å². The molecule has 30 heavy (non-hydrogen) atoms. The number of carbonyl (C=O) groups excluding carboxylic acids is 2. The summed E-state index contributed by atoms with van der Waals surface area (Å²) in [6.07, 6.45) is -1.18. The lowest BCUT2D eigenvalue weighted by Crippen LogP contribution is -2.23. The van der Waals surface area contributed by atoms with Gasteiger partial charge in [0.15, 0.2) is 0 Å². The van der Waals surface area contributed by atoms with Gasteiger partial charge in [-0.05, 0) is 29.7 Å². The Balaban J connectivity index is 1.83. The number of carbonyl (C=O) groups is 2. The Hall–Kier alpha value is -3.81. The molecule has 1 aliphatic rings. The number of fused-ring (bicyclic) bond motifs is 2. The molecule has 0 aliphatic carbocycles. The molecular formula is C22H14F3N3O2. The highest BCUT2D eigenvalue weighted by molar-refractivity contribution is 6.47. The molecular weight excluding hydrogens is 395 g/mol. The molecule has 2 aromatic carbocycles. The number of aryl methyl sites for hydroxylation is 1. The highest BCUT2D eigenvalue weighted by Gasteiger charge is 2.35. The van der Waals surface area contributed by atoms with Gasteiger partial charge in [-0.1, -0.05) is 24.3 Å². The Morgan fingerprint density at radius 1 is 0.900 bits per heavy atom. The van der Waals surface area contributed by atoms with Gasteiger partial charge in [0.1, 0.15) is 5.70 Å². The summed E-state index contributed by atoms with van der Waals surface area (Å²) in [4.78, 5) is 25.4. The number of halogens is 3. The van der Waals surface area contributed by atoms with E-state index >= 15 is 0 Å². The molecule has 1 N–H and O–H groups in total. The van der Waals surface area contributed by atoms with Gasteiger partial charge < -0.3 is 9.13 Å². The van der Waals surface area contributed by atoms with Crippen molar-refractivity contribution in [2.24, 2.45) is 7.05 Å². The zero-order chi connectivity index (χ0) is 21.2. The number of benzene rings is 2. The number of alkyl halides is 3. The maximum absolute atomic E-state index is 13.2. The molecule has 4 aromatic rings. The van der Waals surface area contributed by atoms with Crippen LogP contribution in [0.15, 0.2) is 60.9 Å². The topological polar surface area (TPSA) is 56.0 Å². The largest absolute Gasteiger partial charge is 0.416 e. The van der Waals surface area contributed by atoms with Gasteiger partial charge >= 0.3 is 6.18 Å². The van der Waals surface area contributed by atoms with Crippen LogP contribution in [-0.4, -0.2) is 20.9 Å². The first kappa shape index (κ1) is 18.2. The van der Waals surface area contributed by atoms with E-state index in [4.69, 9.17) is 0 Å². The average Bonchev–Trinajstić information content (AvgIpc) is 3.36. The second-order valence-electron chi connectivity index (χ2n) is 7.13. The molecule has 0 bridgehead atoms. The Kier molecular flexibility index (Phi) is 3.70. The van der Waals surface area contributed by atoms with Crippen molar-refractivity contribution in [1.29, 1.82) is 0 Å². The molecule has 0 radical (unpaired) electrons. The Morgan fingerprint density at radius 2 is 1.67 bits per heavy atom. The molecule has 0 fully saturated rings. The smallest absolute Gasteiger partial charge is 0.350 e. The molecule has 3 heterocycles. The second-order valence-corrected chi connectivity index (χ2v) is 7.13. The van der Waals surface area contributed by atoms with Crippen LogP contribution in [0.3, 0.4) is 0 Å². The van der Waals surface area contributed by atoms with Crippen molar-refractivity contribution in [1.82, 2.24) is 14.5 Å². The quantitative estimate of drug-likeness (QED) is 0.505. The Morgan fingerprint density at radius 3 is 2.43 bits per heavy atom. The monoisotopic (exact) mass is 409 g/mol. The van der Waals surface area contributed by atoms with Crippen LogP contribution < -0.4 is 5.32 Å². The summed E-state index contributed by atoms with van der Waals surface area (Å²) in [6, 6.07) is 12.2. The van der Waals surface area contributed by atoms with Gasteiger partial charge in [0.2, 0.25) is 0 Å². The highest BCUT2D eigenvalue weighted by Crippen LogP contribution is 2.36. The van der Waals surface area contributed by atoms with Crippen LogP contribution in [0.25, 0.3) is 33.1 Å². The van der Waals surface area contributed by atoms with Gasteiger partial charge in [0.05, 0.1) is 22.2 Å². The molecule has 5 rings (SSSR count). The van der Waals surface area contributed by atoms with Gasteiger partial charge in [-0.15, -0.1) is 0 Å². The van der Waals surface area contributed by atoms with Crippen LogP contribution >= 0.6 is 0 Å². The normalized spacial score (nSPS) is 14.9. The van der Waals surface area contributed by atoms with Crippen LogP contribution in [0.1, 0.15) is 11.1 Å². The summed E-state index contributed by atoms with van der Waals surface area (Å²) < 4.78 is 42.9. The molecule has 0 saturated heterocycles. The lowest BCUT2D eigenvalue weighted by atomic mass is 10.0. The molecule has 0 spiro atoms. The molecule has 5 nitrogen and oxygen atoms in total. The van der Waals surface area contributed by atoms with Crippen molar-refractivity contribution < 1.29 is 22.8 Å². The minimum atomic E-state index is -4.52. The number of aromatic nitrogens is 2. The Bertz CT molecular complexity index is 1410. The number of nitrogens with zero attached hydrogens (tertiary/aromatic N) is 2. The van der Waals surface area contributed by atoms with Crippen molar-refractivity contribution in [2.45, 2.75) is 6.18 Å². The third kappa shape index (κ3) is 2.57. The number of nitrogens with one attached hydrogen (secondary N) is 1. The van der Waals surface area contributed by atoms with Gasteiger partial charge in [-0.25, -0.2) is 0 Å². The van der Waals surface area contributed by atoms with E-state index in [-0.39, 0.29) is 16.8 Å². The minimum absolute atomic E-state index is 0.00280. The van der Waals surface area contributed by atoms with Crippen LogP contribution in [-0.2, 0) is 22.8 Å². The molecule has 8 heteroatoms. The average molecular weight is 409 g/mol. The van der Waals surface area contributed by atoms with Crippen molar-refractivity contribution >= 4 is 44.9 Å². The molecule has 0 atom stereocenters. The fourth-order valence-electron chi connectivity index (χ4n) is 3.98. The van der Waals surface area contributed by atoms with E-state index in [0.29, 0.717) is 10.9 Å². The summed E-state index contributed by atoms with van der Waals surface area (Å²) in [5, 5.41) is 3.69. The van der Waals surface area contributed by atoms with Crippen molar-refractivity contribution in [2.75, 3.05) is 0 Å². The van der Waals surface area contributed by atoms with Crippen molar-refractivity contribution in [3.63, 3.8) is 0 Å². The minimum Gasteiger partial charge on any atom is -0.350 e. The zero-order valence-electron chi connectivity index (χ0n) is 15.6. The summed E-state index contributed by atoms with van der Waals surface area (Å²) in [5.74, 6) is -1.24. The Labute approximate surface area is 168 Å². The first-order valence-corrected chi connectivity index (χ1v) is 9.09. The fraction of sp³-hybridized carbons (Fsp3) is 0.0909. The van der Waals surface area contributed by atoms with E-state index in [0.717, 1.165) is 23.0 Å². The SMILES string of the molecule is Cn1ccc2cccc(C3=C(n4ccc5ccc(C(F)(F)F)cc54)C(=O)NC3=O)c21. The first-order chi connectivity index (χ1) is 14.3. The number of para-hydroxylation sites is 1. The van der Waals surface area contributed by atoms with Gasteiger partial charge in [-0.2, -0.15) is 13.2 Å². The molecule has 0 saturated carbocycles. The van der Waals surface area contributed by atoms with Crippen molar-refractivity contribution in [3.05, 3.63) is 72.1 Å². The maximum Gasteiger partial charge on any atom is 0.416 e. The zero-order valence-corrected chi connectivity index (χ0v) is 15.6. The predicted molar refractivity (Wildman–Crippen MR) is 106 cm³/mol. The highest BCUT2D eigenvalue weighted by atomic mass is 19.4. The van der Waals surface area contributed by atoms with E-state index in [1.165, 1.54) is 16.8 Å². The number of imide groups is 1. The van der Waals surface area contributed by atoms with Crippen LogP contribution in [0.4, 0.5) is 13.2 Å². The number of amides is 2.